The van der Waals surface area contributed by atoms with Crippen molar-refractivity contribution in [3.8, 4) is 0 Å². The largest absolute Gasteiger partial charge is 0.322 e. The Bertz CT molecular complexity index is 325. The molecule has 2 atom stereocenters. The lowest BCUT2D eigenvalue weighted by molar-refractivity contribution is 0.129. The van der Waals surface area contributed by atoms with E-state index in [1.165, 1.54) is 30.8 Å². The summed E-state index contributed by atoms with van der Waals surface area (Å²) < 4.78 is 0. The number of likely N-dealkylation sites (N-methyl/N-ethyl adjacent to an activating group) is 2. The summed E-state index contributed by atoms with van der Waals surface area (Å²) in [6, 6.07) is 5.04. The Hall–Kier alpha value is -0.420. The molecular formula is C13H23N3S. The Labute approximate surface area is 108 Å². The molecule has 2 unspecified atom stereocenters. The Morgan fingerprint density at radius 3 is 3.12 bits per heavy atom. The second-order valence-corrected chi connectivity index (χ2v) is 6.10. The lowest BCUT2D eigenvalue weighted by atomic mass is 10.0. The predicted molar refractivity (Wildman–Crippen MR) is 74.4 cm³/mol. The molecule has 0 spiro atoms. The molecular weight excluding hydrogens is 230 g/mol. The van der Waals surface area contributed by atoms with Crippen LogP contribution in [0, 0.1) is 0 Å². The first-order valence-electron chi connectivity index (χ1n) is 6.34. The van der Waals surface area contributed by atoms with Crippen LogP contribution in [0.5, 0.6) is 0 Å². The highest BCUT2D eigenvalue weighted by molar-refractivity contribution is 7.10. The molecule has 0 bridgehead atoms. The third-order valence-corrected chi connectivity index (χ3v) is 4.62. The number of nitrogens with zero attached hydrogens (tertiary/aromatic N) is 2. The van der Waals surface area contributed by atoms with Crippen molar-refractivity contribution in [3.05, 3.63) is 22.4 Å². The number of nitrogens with two attached hydrogens (primary N) is 1. The zero-order valence-electron chi connectivity index (χ0n) is 10.8. The number of likely N-dealkylation sites (tertiary alicyclic amines) is 1. The maximum Gasteiger partial charge on any atom is 0.0519 e. The number of rotatable bonds is 4. The van der Waals surface area contributed by atoms with Crippen molar-refractivity contribution >= 4 is 11.3 Å². The van der Waals surface area contributed by atoms with Gasteiger partial charge in [0.25, 0.3) is 0 Å². The molecule has 1 aromatic rings. The van der Waals surface area contributed by atoms with Gasteiger partial charge in [-0.05, 0) is 44.9 Å². The van der Waals surface area contributed by atoms with Gasteiger partial charge < -0.3 is 15.5 Å². The number of piperidine rings is 1. The van der Waals surface area contributed by atoms with E-state index < -0.39 is 0 Å². The van der Waals surface area contributed by atoms with E-state index in [9.17, 15) is 0 Å². The van der Waals surface area contributed by atoms with Crippen molar-refractivity contribution < 1.29 is 0 Å². The van der Waals surface area contributed by atoms with E-state index in [2.05, 4.69) is 41.4 Å². The molecule has 17 heavy (non-hydrogen) atoms. The molecule has 2 rings (SSSR count). The van der Waals surface area contributed by atoms with Gasteiger partial charge in [-0.2, -0.15) is 0 Å². The molecule has 0 saturated carbocycles. The molecule has 3 nitrogen and oxygen atoms in total. The van der Waals surface area contributed by atoms with Gasteiger partial charge in [-0.3, -0.25) is 0 Å². The van der Waals surface area contributed by atoms with Crippen molar-refractivity contribution in [2.24, 2.45) is 5.73 Å². The molecule has 0 aromatic carbocycles. The third kappa shape index (κ3) is 3.52. The summed E-state index contributed by atoms with van der Waals surface area (Å²) in [5.74, 6) is 0. The minimum atomic E-state index is 0.159. The summed E-state index contributed by atoms with van der Waals surface area (Å²) in [5, 5.41) is 2.10. The fourth-order valence-corrected chi connectivity index (χ4v) is 3.27. The summed E-state index contributed by atoms with van der Waals surface area (Å²) in [6.07, 6.45) is 2.61. The van der Waals surface area contributed by atoms with E-state index in [0.29, 0.717) is 6.04 Å². The minimum absolute atomic E-state index is 0.159. The van der Waals surface area contributed by atoms with Gasteiger partial charge in [-0.25, -0.2) is 0 Å². The molecule has 1 aliphatic heterocycles. The van der Waals surface area contributed by atoms with Crippen LogP contribution in [0.15, 0.2) is 17.5 Å². The molecule has 0 amide bonds. The quantitative estimate of drug-likeness (QED) is 0.888. The van der Waals surface area contributed by atoms with Crippen LogP contribution in [0.1, 0.15) is 23.8 Å². The first-order valence-corrected chi connectivity index (χ1v) is 7.22. The standard InChI is InChI=1S/C13H23N3S/c1-15-7-3-5-11(9-15)16(2)10-12(14)13-6-4-8-17-13/h4,6,8,11-12H,3,5,7,9-10,14H2,1-2H3. The van der Waals surface area contributed by atoms with Crippen LogP contribution in [-0.4, -0.2) is 49.6 Å². The smallest absolute Gasteiger partial charge is 0.0519 e. The number of hydrogen-bond donors (Lipinski definition) is 1. The van der Waals surface area contributed by atoms with Gasteiger partial charge in [-0.15, -0.1) is 11.3 Å². The monoisotopic (exact) mass is 253 g/mol. The summed E-state index contributed by atoms with van der Waals surface area (Å²) in [7, 11) is 4.41. The summed E-state index contributed by atoms with van der Waals surface area (Å²) >= 11 is 1.76. The Kier molecular flexibility index (Phi) is 4.56. The van der Waals surface area contributed by atoms with Crippen molar-refractivity contribution in [1.29, 1.82) is 0 Å². The van der Waals surface area contributed by atoms with Crippen LogP contribution >= 0.6 is 11.3 Å². The maximum absolute atomic E-state index is 6.24. The summed E-state index contributed by atoms with van der Waals surface area (Å²) in [5.41, 5.74) is 6.24. The minimum Gasteiger partial charge on any atom is -0.322 e. The molecule has 0 aliphatic carbocycles. The van der Waals surface area contributed by atoms with Crippen molar-refractivity contribution in [3.63, 3.8) is 0 Å². The molecule has 96 valence electrons. The SMILES string of the molecule is CN1CCCC(N(C)CC(N)c2cccs2)C1. The van der Waals surface area contributed by atoms with Gasteiger partial charge >= 0.3 is 0 Å². The number of thiophene rings is 1. The van der Waals surface area contributed by atoms with Gasteiger partial charge in [0.05, 0.1) is 6.04 Å². The molecule has 4 heteroatoms. The molecule has 2 N–H and O–H groups in total. The average Bonchev–Trinajstić information content (AvgIpc) is 2.82. The summed E-state index contributed by atoms with van der Waals surface area (Å²) in [6.45, 7) is 3.37. The maximum atomic E-state index is 6.24. The van der Waals surface area contributed by atoms with E-state index in [-0.39, 0.29) is 6.04 Å². The molecule has 1 fully saturated rings. The van der Waals surface area contributed by atoms with Crippen LogP contribution in [0.2, 0.25) is 0 Å². The molecule has 1 aromatic heterocycles. The first kappa shape index (κ1) is 13.0. The number of hydrogen-bond acceptors (Lipinski definition) is 4. The molecule has 0 radical (unpaired) electrons. The van der Waals surface area contributed by atoms with Crippen LogP contribution < -0.4 is 5.73 Å². The van der Waals surface area contributed by atoms with Gasteiger partial charge in [0.2, 0.25) is 0 Å². The Balaban J connectivity index is 1.85. The summed E-state index contributed by atoms with van der Waals surface area (Å²) in [4.78, 5) is 6.14. The molecule has 1 aliphatic rings. The van der Waals surface area contributed by atoms with E-state index in [1.807, 2.05) is 0 Å². The predicted octanol–water partition coefficient (Wildman–Crippen LogP) is 1.77. The highest BCUT2D eigenvalue weighted by atomic mass is 32.1. The van der Waals surface area contributed by atoms with E-state index in [0.717, 1.165) is 6.54 Å². The lowest BCUT2D eigenvalue weighted by Gasteiger charge is -2.36. The fraction of sp³-hybridized carbons (Fsp3) is 0.692. The van der Waals surface area contributed by atoms with Gasteiger partial charge in [0.15, 0.2) is 0 Å². The zero-order chi connectivity index (χ0) is 12.3. The van der Waals surface area contributed by atoms with Gasteiger partial charge in [0.1, 0.15) is 0 Å². The highest BCUT2D eigenvalue weighted by Crippen LogP contribution is 2.20. The fourth-order valence-electron chi connectivity index (χ4n) is 2.55. The first-order chi connectivity index (χ1) is 8.16. The van der Waals surface area contributed by atoms with Crippen LogP contribution in [0.4, 0.5) is 0 Å². The van der Waals surface area contributed by atoms with Gasteiger partial charge in [-0.1, -0.05) is 6.07 Å². The third-order valence-electron chi connectivity index (χ3n) is 3.62. The van der Waals surface area contributed by atoms with Gasteiger partial charge in [0, 0.05) is 24.0 Å². The van der Waals surface area contributed by atoms with E-state index >= 15 is 0 Å². The second kappa shape index (κ2) is 5.96. The van der Waals surface area contributed by atoms with Crippen molar-refractivity contribution in [2.75, 3.05) is 33.7 Å². The van der Waals surface area contributed by atoms with Crippen molar-refractivity contribution in [1.82, 2.24) is 9.80 Å². The Morgan fingerprint density at radius 2 is 2.47 bits per heavy atom. The van der Waals surface area contributed by atoms with Crippen LogP contribution in [0.25, 0.3) is 0 Å². The zero-order valence-corrected chi connectivity index (χ0v) is 11.6. The van der Waals surface area contributed by atoms with E-state index in [4.69, 9.17) is 5.73 Å². The second-order valence-electron chi connectivity index (χ2n) is 5.12. The average molecular weight is 253 g/mol. The Morgan fingerprint density at radius 1 is 1.65 bits per heavy atom. The van der Waals surface area contributed by atoms with Crippen LogP contribution in [0.3, 0.4) is 0 Å². The van der Waals surface area contributed by atoms with E-state index in [1.54, 1.807) is 11.3 Å². The topological polar surface area (TPSA) is 32.5 Å². The van der Waals surface area contributed by atoms with Crippen LogP contribution in [-0.2, 0) is 0 Å². The normalized spacial score (nSPS) is 24.1. The van der Waals surface area contributed by atoms with Crippen molar-refractivity contribution in [2.45, 2.75) is 24.9 Å². The molecule has 1 saturated heterocycles. The highest BCUT2D eigenvalue weighted by Gasteiger charge is 2.22. The lowest BCUT2D eigenvalue weighted by Crippen LogP contribution is -2.46. The molecule has 2 heterocycles.